The van der Waals surface area contributed by atoms with Gasteiger partial charge in [-0.25, -0.2) is 47.7 Å². The minimum Gasteiger partial charge on any atom is -0.394 e. The number of carbonyl (C=O) groups is 4. The van der Waals surface area contributed by atoms with E-state index in [9.17, 15) is 75.1 Å². The van der Waals surface area contributed by atoms with E-state index >= 15 is 0 Å². The Morgan fingerprint density at radius 1 is 0.456 bits per heavy atom. The number of ether oxygens (including phenoxy) is 1. The molecule has 8 N–H and O–H groups in total. The van der Waals surface area contributed by atoms with Crippen LogP contribution < -0.4 is 82.5 Å². The first kappa shape index (κ1) is 92.4. The highest BCUT2D eigenvalue weighted by atomic mass is 127. The van der Waals surface area contributed by atoms with Crippen molar-refractivity contribution < 1.29 is 56.3 Å². The fraction of sp³-hybridized carbons (Fsp3) is 0.389. The van der Waals surface area contributed by atoms with Gasteiger partial charge in [0.05, 0.1) is 49.2 Å². The number of halogens is 8. The molecule has 0 atom stereocenters. The van der Waals surface area contributed by atoms with Crippen molar-refractivity contribution in [3.63, 3.8) is 0 Å². The first-order chi connectivity index (χ1) is 53.8. The van der Waals surface area contributed by atoms with Gasteiger partial charge in [-0.3, -0.25) is 84.6 Å². The van der Waals surface area contributed by atoms with E-state index in [1.54, 1.807) is 43.3 Å². The molecule has 10 rings (SSSR count). The number of ketones is 1. The Morgan fingerprint density at radius 2 is 0.807 bits per heavy atom. The number of hydrogen-bond acceptors (Lipinski definition) is 23. The van der Waals surface area contributed by atoms with Crippen LogP contribution in [0.4, 0.5) is 63.6 Å². The number of likely N-dealkylation sites (N-methyl/N-ethyl adjacent to an activating group) is 2. The predicted octanol–water partition coefficient (Wildman–Crippen LogP) is 4.62. The summed E-state index contributed by atoms with van der Waals surface area (Å²) >= 11 is 7.85. The van der Waals surface area contributed by atoms with Crippen LogP contribution in [0, 0.1) is 43.5 Å². The number of Topliss-reactive ketones (excluding diaryl/α,β-unsaturated/α-hetero) is 1. The number of anilines is 8. The Bertz CT molecular complexity index is 5420. The van der Waals surface area contributed by atoms with Crippen LogP contribution in [0.3, 0.4) is 0 Å². The van der Waals surface area contributed by atoms with Crippen LogP contribution in [0.2, 0.25) is 0 Å². The lowest BCUT2D eigenvalue weighted by Gasteiger charge is -2.28. The highest BCUT2D eigenvalue weighted by Crippen LogP contribution is 2.28. The number of benzene rings is 4. The van der Waals surface area contributed by atoms with Gasteiger partial charge < -0.3 is 51.1 Å². The number of nitrogens with zero attached hydrogens (tertiary/aromatic N) is 11. The molecule has 5 heterocycles. The van der Waals surface area contributed by atoms with E-state index in [0.29, 0.717) is 46.5 Å². The quantitative estimate of drug-likeness (QED) is 0.0114. The fourth-order valence-corrected chi connectivity index (χ4v) is 12.6. The average molecular weight is 2040 g/mol. The zero-order chi connectivity index (χ0) is 84.4. The topological polar surface area (TPSA) is 386 Å². The number of rotatable bonds is 27. The lowest BCUT2D eigenvalue weighted by Crippen LogP contribution is -2.46. The SMILES string of the molecule is CN(C)CCOCC(=O)c1c(Nc2ccc(I)cc2F)n(C)c(=O)n(C)c1=O.CN(C)CCn1c(=O)c(C(=O)NOCCO)c(Nc2ccc(I)cc2F)n(C)c1=O.CN1CCC(CONC(=O)c2c(Nc3ccc(I)cc3F)n(C)c(=O)n(C)c2=O)CC1.Cn1c(Nc2ccc(I)cc2F)c(C(=O)NC2CC2)c(=O)n(C)c1=O. The van der Waals surface area contributed by atoms with Crippen LogP contribution in [0.25, 0.3) is 0 Å². The summed E-state index contributed by atoms with van der Waals surface area (Å²) in [4.78, 5) is 167. The minimum atomic E-state index is -0.934. The third kappa shape index (κ3) is 24.2. The van der Waals surface area contributed by atoms with Crippen molar-refractivity contribution in [1.29, 1.82) is 0 Å². The molecule has 4 aromatic carbocycles. The zero-order valence-corrected chi connectivity index (χ0v) is 72.6. The van der Waals surface area contributed by atoms with E-state index < -0.39 is 97.3 Å². The molecule has 2 aliphatic rings. The first-order valence-corrected chi connectivity index (χ1v) is 39.1. The number of aliphatic hydroxyl groups is 1. The van der Waals surface area contributed by atoms with Crippen LogP contribution >= 0.6 is 90.4 Å². The molecular formula is C72H86F4I4N18O16. The maximum atomic E-state index is 14.4. The summed E-state index contributed by atoms with van der Waals surface area (Å²) in [5.74, 6) is -5.33. The smallest absolute Gasteiger partial charge is 0.332 e. The maximum absolute atomic E-state index is 14.4. The molecule has 4 aromatic heterocycles. The molecule has 0 unspecified atom stereocenters. The minimum absolute atomic E-state index is 0.0128. The van der Waals surface area contributed by atoms with Gasteiger partial charge >= 0.3 is 22.8 Å². The monoisotopic (exact) mass is 2040 g/mol. The van der Waals surface area contributed by atoms with Crippen molar-refractivity contribution in [2.75, 3.05) is 116 Å². The van der Waals surface area contributed by atoms with Crippen molar-refractivity contribution in [3.05, 3.63) is 216 Å². The van der Waals surface area contributed by atoms with Gasteiger partial charge in [0.15, 0.2) is 5.78 Å². The molecule has 0 radical (unpaired) electrons. The largest absolute Gasteiger partial charge is 0.394 e. The number of carbonyl (C=O) groups excluding carboxylic acids is 4. The molecule has 3 amide bonds. The number of likely N-dealkylation sites (tertiary alicyclic amines) is 1. The second kappa shape index (κ2) is 42.2. The Labute approximate surface area is 703 Å². The van der Waals surface area contributed by atoms with Crippen LogP contribution in [0.5, 0.6) is 0 Å². The first-order valence-electron chi connectivity index (χ1n) is 34.8. The summed E-state index contributed by atoms with van der Waals surface area (Å²) in [6, 6.07) is 17.7. The summed E-state index contributed by atoms with van der Waals surface area (Å²) in [6.07, 6.45) is 3.61. The van der Waals surface area contributed by atoms with Crippen molar-refractivity contribution in [2.45, 2.75) is 38.3 Å². The van der Waals surface area contributed by atoms with Gasteiger partial charge in [0.25, 0.3) is 40.0 Å². The molecule has 1 aliphatic heterocycles. The summed E-state index contributed by atoms with van der Waals surface area (Å²) in [7, 11) is 18.8. The molecule has 1 saturated heterocycles. The molecule has 2 fully saturated rings. The van der Waals surface area contributed by atoms with Crippen molar-refractivity contribution in [1.82, 2.24) is 67.5 Å². The maximum Gasteiger partial charge on any atom is 0.332 e. The number of amides is 3. The summed E-state index contributed by atoms with van der Waals surface area (Å²) in [5.41, 5.74) is -2.44. The van der Waals surface area contributed by atoms with Crippen molar-refractivity contribution in [2.24, 2.45) is 55.3 Å². The molecule has 1 saturated carbocycles. The van der Waals surface area contributed by atoms with E-state index in [4.69, 9.17) is 19.5 Å². The Balaban J connectivity index is 0.000000211. The molecule has 1 aliphatic carbocycles. The van der Waals surface area contributed by atoms with Gasteiger partial charge in [-0.2, -0.15) is 0 Å². The molecule has 0 bridgehead atoms. The Morgan fingerprint density at radius 3 is 1.18 bits per heavy atom. The number of piperidine rings is 1. The number of hydroxylamine groups is 2. The van der Waals surface area contributed by atoms with E-state index in [1.807, 2.05) is 109 Å². The molecule has 8 aromatic rings. The van der Waals surface area contributed by atoms with E-state index in [1.165, 1.54) is 97.9 Å². The number of aromatic nitrogens is 8. The van der Waals surface area contributed by atoms with Crippen LogP contribution in [0.1, 0.15) is 67.1 Å². The lowest BCUT2D eigenvalue weighted by atomic mass is 9.98. The van der Waals surface area contributed by atoms with E-state index in [-0.39, 0.29) is 95.1 Å². The Hall–Kier alpha value is -8.76. The van der Waals surface area contributed by atoms with Gasteiger partial charge in [-0.05, 0) is 243 Å². The summed E-state index contributed by atoms with van der Waals surface area (Å²) in [5, 5.41) is 22.4. The van der Waals surface area contributed by atoms with Crippen molar-refractivity contribution >= 4 is 160 Å². The third-order valence-corrected chi connectivity index (χ3v) is 20.2. The standard InChI is InChI=1S/C20H25FIN5O4.C18H23FIN5O5.C18H22FIN4O4.C16H16FIN4O3/c1-25-8-6-12(7-9-25)11-31-24-18(28)16-17(26(2)20(30)27(3)19(16)29)23-15-5-4-13(22)10-14(15)21;1-23(2)6-7-25-17(28)14(16(27)22-30-9-8-26)15(24(3)18(25)29)21-13-5-4-11(20)10-12(13)19;1-22(2)7-8-28-10-14(25)15-16(23(3)18(27)24(4)17(15)26)21-13-6-5-11(20)9-12(13)19;1-21-13(20-11-6-3-8(18)7-10(11)17)12(14(23)19-9-4-5-9)15(24)22(2)16(21)25/h4-5,10,12,23H,6-9,11H2,1-3H3,(H,24,28);4-5,10,21,26H,6-9H2,1-3H3,(H,22,27);5-6,9,21H,7-8,10H2,1-4H3;3,6-7,9,20H,4-5H2,1-2H3,(H,19,23). The molecule has 114 heavy (non-hydrogen) atoms. The number of hydrogen-bond donors (Lipinski definition) is 8. The Kier molecular flexibility index (Phi) is 34.2. The van der Waals surface area contributed by atoms with Gasteiger partial charge in [0, 0.05) is 89.3 Å². The van der Waals surface area contributed by atoms with Gasteiger partial charge in [-0.15, -0.1) is 0 Å². The molecule has 616 valence electrons. The highest BCUT2D eigenvalue weighted by Gasteiger charge is 2.31. The average Bonchev–Trinajstić information content (AvgIpc) is 1.05. The van der Waals surface area contributed by atoms with Gasteiger partial charge in [0.2, 0.25) is 0 Å². The second-order valence-electron chi connectivity index (χ2n) is 26.6. The predicted molar refractivity (Wildman–Crippen MR) is 453 cm³/mol. The van der Waals surface area contributed by atoms with Crippen LogP contribution in [0.15, 0.2) is 111 Å². The van der Waals surface area contributed by atoms with Crippen LogP contribution in [-0.2, 0) is 70.3 Å². The molecular weight excluding hydrogens is 1960 g/mol. The second-order valence-corrected chi connectivity index (χ2v) is 31.6. The zero-order valence-electron chi connectivity index (χ0n) is 64.0. The molecule has 0 spiro atoms. The third-order valence-electron chi connectivity index (χ3n) is 17.5. The van der Waals surface area contributed by atoms with E-state index in [0.717, 1.165) is 75.3 Å². The lowest BCUT2D eigenvalue weighted by molar-refractivity contribution is 0.00630. The summed E-state index contributed by atoms with van der Waals surface area (Å²) in [6.45, 7) is 2.71. The van der Waals surface area contributed by atoms with Gasteiger partial charge in [-0.1, -0.05) is 0 Å². The number of aliphatic hydroxyl groups excluding tert-OH is 1. The highest BCUT2D eigenvalue weighted by molar-refractivity contribution is 14.1. The van der Waals surface area contributed by atoms with Crippen LogP contribution in [-0.4, -0.2) is 180 Å². The molecule has 42 heteroatoms. The van der Waals surface area contributed by atoms with E-state index in [2.05, 4.69) is 49.5 Å². The number of nitrogens with one attached hydrogen (secondary N) is 7. The van der Waals surface area contributed by atoms with Gasteiger partial charge in [0.1, 0.15) is 75.4 Å². The molecule has 34 nitrogen and oxygen atoms in total. The summed E-state index contributed by atoms with van der Waals surface area (Å²) < 4.78 is 73.0. The normalized spacial score (nSPS) is 12.7. The fourth-order valence-electron chi connectivity index (χ4n) is 10.8. The van der Waals surface area contributed by atoms with Crippen molar-refractivity contribution in [3.8, 4) is 0 Å².